The predicted octanol–water partition coefficient (Wildman–Crippen LogP) is -0.633. The minimum atomic E-state index is -0.394. The Morgan fingerprint density at radius 3 is 2.88 bits per heavy atom. The quantitative estimate of drug-likeness (QED) is 0.630. The van der Waals surface area contributed by atoms with Gasteiger partial charge in [0, 0.05) is 4.88 Å². The number of nitrogens with one attached hydrogen (secondary N) is 3. The first-order valence-electron chi connectivity index (χ1n) is 8.21. The second-order valence-electron chi connectivity index (χ2n) is 6.16. The standard InChI is InChI=1S/C16H21N3O4S/c1-23-16(22)14-10-4-2-3-5-11(10)24-15(14)18-13(21)9-19-7-6-17-12(20)8-19/h2-9H2,1H3,(H,17,20)(H,18,21)/p+1. The molecule has 3 N–H and O–H groups in total. The van der Waals surface area contributed by atoms with Gasteiger partial charge in [-0.05, 0) is 31.2 Å². The zero-order valence-corrected chi connectivity index (χ0v) is 14.5. The number of amides is 2. The lowest BCUT2D eigenvalue weighted by molar-refractivity contribution is -0.885. The summed E-state index contributed by atoms with van der Waals surface area (Å²) >= 11 is 1.48. The second-order valence-corrected chi connectivity index (χ2v) is 7.26. The van der Waals surface area contributed by atoms with Crippen molar-refractivity contribution >= 4 is 34.1 Å². The van der Waals surface area contributed by atoms with Gasteiger partial charge in [0.05, 0.1) is 25.8 Å². The number of fused-ring (bicyclic) bond motifs is 1. The van der Waals surface area contributed by atoms with Gasteiger partial charge in [-0.15, -0.1) is 11.3 Å². The first-order valence-corrected chi connectivity index (χ1v) is 9.03. The van der Waals surface area contributed by atoms with Crippen LogP contribution in [-0.2, 0) is 27.2 Å². The van der Waals surface area contributed by atoms with Gasteiger partial charge in [-0.25, -0.2) is 4.79 Å². The molecule has 2 heterocycles. The molecule has 0 saturated carbocycles. The van der Waals surface area contributed by atoms with Crippen molar-refractivity contribution in [3.8, 4) is 0 Å². The molecule has 0 bridgehead atoms. The van der Waals surface area contributed by atoms with Gasteiger partial charge in [0.1, 0.15) is 5.00 Å². The molecule has 1 saturated heterocycles. The Labute approximate surface area is 144 Å². The number of piperazine rings is 1. The van der Waals surface area contributed by atoms with Crippen LogP contribution in [0.25, 0.3) is 0 Å². The number of hydrogen-bond acceptors (Lipinski definition) is 5. The zero-order chi connectivity index (χ0) is 17.1. The van der Waals surface area contributed by atoms with Crippen LogP contribution < -0.4 is 15.5 Å². The average Bonchev–Trinajstić information content (AvgIpc) is 2.91. The minimum absolute atomic E-state index is 0.0362. The summed E-state index contributed by atoms with van der Waals surface area (Å²) in [4.78, 5) is 38.0. The monoisotopic (exact) mass is 352 g/mol. The number of aryl methyl sites for hydroxylation is 1. The van der Waals surface area contributed by atoms with Crippen LogP contribution in [0.15, 0.2) is 0 Å². The Kier molecular flexibility index (Phi) is 5.15. The maximum atomic E-state index is 12.4. The lowest BCUT2D eigenvalue weighted by Gasteiger charge is -2.22. The topological polar surface area (TPSA) is 88.9 Å². The predicted molar refractivity (Wildman–Crippen MR) is 89.5 cm³/mol. The molecule has 2 amide bonds. The Balaban J connectivity index is 1.74. The highest BCUT2D eigenvalue weighted by Gasteiger charge is 2.28. The summed E-state index contributed by atoms with van der Waals surface area (Å²) in [5.41, 5.74) is 1.54. The van der Waals surface area contributed by atoms with Gasteiger partial charge in [-0.3, -0.25) is 9.59 Å². The number of rotatable bonds is 4. The molecular formula is C16H22N3O4S+. The van der Waals surface area contributed by atoms with E-state index in [9.17, 15) is 14.4 Å². The van der Waals surface area contributed by atoms with Crippen LogP contribution in [0.4, 0.5) is 5.00 Å². The van der Waals surface area contributed by atoms with Crippen molar-refractivity contribution < 1.29 is 24.0 Å². The SMILES string of the molecule is COC(=O)c1c(NC(=O)C[NH+]2CCNC(=O)C2)sc2c1CCCC2. The lowest BCUT2D eigenvalue weighted by Crippen LogP contribution is -3.16. The molecule has 1 unspecified atom stereocenters. The van der Waals surface area contributed by atoms with Crippen molar-refractivity contribution in [2.45, 2.75) is 25.7 Å². The summed E-state index contributed by atoms with van der Waals surface area (Å²) in [6, 6.07) is 0. The van der Waals surface area contributed by atoms with Gasteiger partial charge < -0.3 is 20.3 Å². The van der Waals surface area contributed by atoms with Gasteiger partial charge in [0.15, 0.2) is 13.1 Å². The maximum absolute atomic E-state index is 12.4. The fourth-order valence-electron chi connectivity index (χ4n) is 3.28. The molecule has 1 aromatic rings. The molecule has 1 atom stereocenters. The third kappa shape index (κ3) is 3.59. The number of ether oxygens (including phenoxy) is 1. The van der Waals surface area contributed by atoms with E-state index in [2.05, 4.69) is 10.6 Å². The number of thiophene rings is 1. The number of hydrogen-bond donors (Lipinski definition) is 3. The molecule has 3 rings (SSSR count). The minimum Gasteiger partial charge on any atom is -0.465 e. The van der Waals surface area contributed by atoms with Crippen molar-refractivity contribution in [1.29, 1.82) is 0 Å². The summed E-state index contributed by atoms with van der Waals surface area (Å²) in [6.07, 6.45) is 3.95. The molecule has 24 heavy (non-hydrogen) atoms. The van der Waals surface area contributed by atoms with Crippen molar-refractivity contribution in [1.82, 2.24) is 5.32 Å². The molecule has 130 valence electrons. The number of quaternary nitrogens is 1. The molecule has 0 aromatic carbocycles. The third-order valence-corrected chi connectivity index (χ3v) is 5.64. The van der Waals surface area contributed by atoms with E-state index in [0.29, 0.717) is 23.7 Å². The summed E-state index contributed by atoms with van der Waals surface area (Å²) in [7, 11) is 1.36. The van der Waals surface area contributed by atoms with Gasteiger partial charge in [-0.1, -0.05) is 0 Å². The second kappa shape index (κ2) is 7.31. The van der Waals surface area contributed by atoms with Crippen molar-refractivity contribution in [2.75, 3.05) is 38.6 Å². The molecule has 0 spiro atoms. The maximum Gasteiger partial charge on any atom is 0.341 e. The number of esters is 1. The fourth-order valence-corrected chi connectivity index (χ4v) is 4.57. The van der Waals surface area contributed by atoms with E-state index in [4.69, 9.17) is 4.74 Å². The van der Waals surface area contributed by atoms with E-state index in [0.717, 1.165) is 42.7 Å². The molecule has 1 fully saturated rings. The molecular weight excluding hydrogens is 330 g/mol. The normalized spacial score (nSPS) is 20.0. The Morgan fingerprint density at radius 1 is 1.33 bits per heavy atom. The van der Waals surface area contributed by atoms with E-state index in [1.807, 2.05) is 0 Å². The Hall–Kier alpha value is -1.93. The molecule has 8 heteroatoms. The summed E-state index contributed by atoms with van der Waals surface area (Å²) in [6.45, 7) is 1.83. The first kappa shape index (κ1) is 16.9. The summed E-state index contributed by atoms with van der Waals surface area (Å²) < 4.78 is 4.91. The van der Waals surface area contributed by atoms with Crippen molar-refractivity contribution in [2.24, 2.45) is 0 Å². The van der Waals surface area contributed by atoms with Crippen molar-refractivity contribution in [3.63, 3.8) is 0 Å². The van der Waals surface area contributed by atoms with Gasteiger partial charge >= 0.3 is 5.97 Å². The van der Waals surface area contributed by atoms with E-state index >= 15 is 0 Å². The molecule has 1 aliphatic heterocycles. The van der Waals surface area contributed by atoms with Crippen LogP contribution >= 0.6 is 11.3 Å². The van der Waals surface area contributed by atoms with E-state index in [1.54, 1.807) is 0 Å². The number of methoxy groups -OCH3 is 1. The van der Waals surface area contributed by atoms with Gasteiger partial charge in [-0.2, -0.15) is 0 Å². The van der Waals surface area contributed by atoms with Crippen LogP contribution in [0.5, 0.6) is 0 Å². The highest BCUT2D eigenvalue weighted by atomic mass is 32.1. The van der Waals surface area contributed by atoms with Gasteiger partial charge in [0.25, 0.3) is 11.8 Å². The summed E-state index contributed by atoms with van der Waals surface area (Å²) in [5.74, 6) is -0.608. The zero-order valence-electron chi connectivity index (χ0n) is 13.7. The van der Waals surface area contributed by atoms with Gasteiger partial charge in [0.2, 0.25) is 0 Å². The Bertz CT molecular complexity index is 671. The van der Waals surface area contributed by atoms with Crippen LogP contribution in [0.1, 0.15) is 33.6 Å². The number of anilines is 1. The number of carbonyl (C=O) groups is 3. The summed E-state index contributed by atoms with van der Waals surface area (Å²) in [5, 5.41) is 6.20. The Morgan fingerprint density at radius 2 is 2.12 bits per heavy atom. The van der Waals surface area contributed by atoms with Crippen LogP contribution in [-0.4, -0.2) is 51.1 Å². The van der Waals surface area contributed by atoms with Crippen LogP contribution in [0, 0.1) is 0 Å². The van der Waals surface area contributed by atoms with E-state index < -0.39 is 5.97 Å². The van der Waals surface area contributed by atoms with Crippen LogP contribution in [0.2, 0.25) is 0 Å². The molecule has 7 nitrogen and oxygen atoms in total. The molecule has 0 radical (unpaired) electrons. The smallest absolute Gasteiger partial charge is 0.341 e. The first-order chi connectivity index (χ1) is 11.6. The fraction of sp³-hybridized carbons (Fsp3) is 0.562. The largest absolute Gasteiger partial charge is 0.465 e. The van der Waals surface area contributed by atoms with E-state index in [1.165, 1.54) is 23.3 Å². The highest BCUT2D eigenvalue weighted by molar-refractivity contribution is 7.17. The molecule has 1 aromatic heterocycles. The lowest BCUT2D eigenvalue weighted by atomic mass is 9.95. The van der Waals surface area contributed by atoms with E-state index in [-0.39, 0.29) is 18.4 Å². The number of carbonyl (C=O) groups excluding carboxylic acids is 3. The van der Waals surface area contributed by atoms with Crippen molar-refractivity contribution in [3.05, 3.63) is 16.0 Å². The highest BCUT2D eigenvalue weighted by Crippen LogP contribution is 2.38. The third-order valence-electron chi connectivity index (χ3n) is 4.44. The molecule has 1 aliphatic carbocycles. The average molecular weight is 352 g/mol. The molecule has 2 aliphatic rings. The van der Waals surface area contributed by atoms with Crippen LogP contribution in [0.3, 0.4) is 0 Å².